The number of benzene rings is 2. The van der Waals surface area contributed by atoms with E-state index in [2.05, 4.69) is 10.2 Å². The Bertz CT molecular complexity index is 787. The summed E-state index contributed by atoms with van der Waals surface area (Å²) in [7, 11) is 2.00. The first kappa shape index (κ1) is 19.9. The summed E-state index contributed by atoms with van der Waals surface area (Å²) in [6, 6.07) is 15.6. The van der Waals surface area contributed by atoms with Crippen molar-refractivity contribution in [2.24, 2.45) is 5.92 Å². The zero-order chi connectivity index (χ0) is 19.9. The number of carbonyl (C=O) groups is 2. The van der Waals surface area contributed by atoms with Crippen molar-refractivity contribution in [2.45, 2.75) is 12.8 Å². The van der Waals surface area contributed by atoms with Gasteiger partial charge in [0, 0.05) is 50.4 Å². The highest BCUT2D eigenvalue weighted by Crippen LogP contribution is 2.19. The maximum absolute atomic E-state index is 13.0. The van der Waals surface area contributed by atoms with Gasteiger partial charge in [0.15, 0.2) is 0 Å². The lowest BCUT2D eigenvalue weighted by Gasteiger charge is -2.31. The lowest BCUT2D eigenvalue weighted by molar-refractivity contribution is -0.126. The lowest BCUT2D eigenvalue weighted by Crippen LogP contribution is -2.44. The number of piperidine rings is 1. The highest BCUT2D eigenvalue weighted by molar-refractivity contribution is 5.94. The molecule has 0 spiro atoms. The number of amides is 2. The fourth-order valence-corrected chi connectivity index (χ4v) is 3.42. The Morgan fingerprint density at radius 3 is 2.36 bits per heavy atom. The second-order valence-corrected chi connectivity index (χ2v) is 7.12. The van der Waals surface area contributed by atoms with Crippen LogP contribution in [0, 0.1) is 11.7 Å². The number of rotatable bonds is 6. The van der Waals surface area contributed by atoms with Crippen LogP contribution in [0.2, 0.25) is 0 Å². The minimum atomic E-state index is -0.357. The molecule has 5 nitrogen and oxygen atoms in total. The van der Waals surface area contributed by atoms with Crippen LogP contribution in [0.15, 0.2) is 54.6 Å². The first-order chi connectivity index (χ1) is 13.5. The molecular weight excluding hydrogens is 357 g/mol. The normalized spacial score (nSPS) is 14.6. The van der Waals surface area contributed by atoms with Gasteiger partial charge in [-0.05, 0) is 49.2 Å². The number of hydrogen-bond donors (Lipinski definition) is 1. The summed E-state index contributed by atoms with van der Waals surface area (Å²) in [4.78, 5) is 28.7. The van der Waals surface area contributed by atoms with E-state index in [1.165, 1.54) is 24.3 Å². The molecule has 0 unspecified atom stereocenters. The summed E-state index contributed by atoms with van der Waals surface area (Å²) in [6.07, 6.45) is 1.29. The largest absolute Gasteiger partial charge is 0.373 e. The van der Waals surface area contributed by atoms with Gasteiger partial charge in [-0.3, -0.25) is 9.59 Å². The molecule has 0 saturated carbocycles. The molecule has 6 heteroatoms. The summed E-state index contributed by atoms with van der Waals surface area (Å²) in [6.45, 7) is 2.40. The summed E-state index contributed by atoms with van der Waals surface area (Å²) in [5.41, 5.74) is 1.60. The Hall–Kier alpha value is -2.89. The van der Waals surface area contributed by atoms with E-state index in [9.17, 15) is 14.0 Å². The quantitative estimate of drug-likeness (QED) is 0.835. The monoisotopic (exact) mass is 383 g/mol. The minimum absolute atomic E-state index is 0.0512. The third-order valence-electron chi connectivity index (χ3n) is 5.19. The molecule has 0 bridgehead atoms. The van der Waals surface area contributed by atoms with Crippen LogP contribution in [-0.2, 0) is 4.79 Å². The summed E-state index contributed by atoms with van der Waals surface area (Å²) >= 11 is 0. The topological polar surface area (TPSA) is 52.7 Å². The molecule has 2 amide bonds. The van der Waals surface area contributed by atoms with Crippen molar-refractivity contribution in [3.63, 3.8) is 0 Å². The zero-order valence-electron chi connectivity index (χ0n) is 16.1. The van der Waals surface area contributed by atoms with Crippen LogP contribution in [0.4, 0.5) is 10.1 Å². The van der Waals surface area contributed by atoms with E-state index in [1.54, 1.807) is 4.90 Å². The van der Waals surface area contributed by atoms with E-state index in [4.69, 9.17) is 0 Å². The summed E-state index contributed by atoms with van der Waals surface area (Å²) in [5, 5.41) is 3.01. The molecule has 0 aliphatic carbocycles. The predicted octanol–water partition coefficient (Wildman–Crippen LogP) is 2.93. The molecule has 1 N–H and O–H groups in total. The Balaban J connectivity index is 1.41. The molecule has 1 heterocycles. The van der Waals surface area contributed by atoms with Gasteiger partial charge in [0.05, 0.1) is 0 Å². The van der Waals surface area contributed by atoms with Gasteiger partial charge in [-0.1, -0.05) is 18.2 Å². The number of anilines is 1. The molecule has 148 valence electrons. The first-order valence-electron chi connectivity index (χ1n) is 9.63. The van der Waals surface area contributed by atoms with Crippen LogP contribution in [0.1, 0.15) is 23.2 Å². The number of likely N-dealkylation sites (N-methyl/N-ethyl adjacent to an activating group) is 1. The van der Waals surface area contributed by atoms with Gasteiger partial charge in [-0.25, -0.2) is 4.39 Å². The third-order valence-corrected chi connectivity index (χ3v) is 5.19. The molecule has 2 aromatic rings. The van der Waals surface area contributed by atoms with E-state index in [1.807, 2.05) is 37.4 Å². The van der Waals surface area contributed by atoms with E-state index in [0.717, 1.165) is 12.2 Å². The Morgan fingerprint density at radius 2 is 1.71 bits per heavy atom. The molecule has 2 aromatic carbocycles. The predicted molar refractivity (Wildman–Crippen MR) is 108 cm³/mol. The minimum Gasteiger partial charge on any atom is -0.373 e. The van der Waals surface area contributed by atoms with Crippen molar-refractivity contribution < 1.29 is 14.0 Å². The van der Waals surface area contributed by atoms with Crippen LogP contribution in [0.25, 0.3) is 0 Å². The van der Waals surface area contributed by atoms with Gasteiger partial charge in [-0.15, -0.1) is 0 Å². The molecule has 28 heavy (non-hydrogen) atoms. The summed E-state index contributed by atoms with van der Waals surface area (Å²) in [5.74, 6) is -0.483. The number of carbonyl (C=O) groups excluding carboxylic acids is 2. The van der Waals surface area contributed by atoms with Gasteiger partial charge in [0.25, 0.3) is 5.91 Å². The number of likely N-dealkylation sites (tertiary alicyclic amines) is 1. The van der Waals surface area contributed by atoms with Crippen molar-refractivity contribution in [2.75, 3.05) is 38.1 Å². The molecule has 0 atom stereocenters. The van der Waals surface area contributed by atoms with Crippen molar-refractivity contribution >= 4 is 17.5 Å². The van der Waals surface area contributed by atoms with Crippen LogP contribution >= 0.6 is 0 Å². The van der Waals surface area contributed by atoms with Crippen LogP contribution < -0.4 is 10.2 Å². The number of halogens is 1. The van der Waals surface area contributed by atoms with Gasteiger partial charge < -0.3 is 15.1 Å². The third kappa shape index (κ3) is 5.09. The average molecular weight is 383 g/mol. The van der Waals surface area contributed by atoms with Gasteiger partial charge >= 0.3 is 0 Å². The van der Waals surface area contributed by atoms with E-state index < -0.39 is 0 Å². The van der Waals surface area contributed by atoms with Crippen LogP contribution in [-0.4, -0.2) is 49.9 Å². The Labute approximate surface area is 165 Å². The highest BCUT2D eigenvalue weighted by Gasteiger charge is 2.27. The smallest absolute Gasteiger partial charge is 0.253 e. The fourth-order valence-electron chi connectivity index (χ4n) is 3.42. The number of hydrogen-bond acceptors (Lipinski definition) is 3. The molecule has 0 radical (unpaired) electrons. The maximum atomic E-state index is 13.0. The molecule has 1 fully saturated rings. The summed E-state index contributed by atoms with van der Waals surface area (Å²) < 4.78 is 13.0. The molecule has 3 rings (SSSR count). The molecule has 1 saturated heterocycles. The van der Waals surface area contributed by atoms with Gasteiger partial charge in [0.1, 0.15) is 5.82 Å². The molecule has 1 aliphatic heterocycles. The molecule has 0 aromatic heterocycles. The number of nitrogens with one attached hydrogen (secondary N) is 1. The Morgan fingerprint density at radius 1 is 1.07 bits per heavy atom. The SMILES string of the molecule is CN(CCNC(=O)C1CCN(C(=O)c2ccc(F)cc2)CC1)c1ccccc1. The first-order valence-corrected chi connectivity index (χ1v) is 9.63. The molecule has 1 aliphatic rings. The van der Waals surface area contributed by atoms with Crippen molar-refractivity contribution in [1.29, 1.82) is 0 Å². The number of para-hydroxylation sites is 1. The highest BCUT2D eigenvalue weighted by atomic mass is 19.1. The Kier molecular flexibility index (Phi) is 6.63. The van der Waals surface area contributed by atoms with Crippen molar-refractivity contribution in [1.82, 2.24) is 10.2 Å². The van der Waals surface area contributed by atoms with E-state index >= 15 is 0 Å². The molecular formula is C22H26FN3O2. The van der Waals surface area contributed by atoms with E-state index in [0.29, 0.717) is 38.0 Å². The zero-order valence-corrected chi connectivity index (χ0v) is 16.1. The average Bonchev–Trinajstić information content (AvgIpc) is 2.74. The second-order valence-electron chi connectivity index (χ2n) is 7.12. The standard InChI is InChI=1S/C22H26FN3O2/c1-25(20-5-3-2-4-6-20)16-13-24-21(27)17-11-14-26(15-12-17)22(28)18-7-9-19(23)10-8-18/h2-10,17H,11-16H2,1H3,(H,24,27). The van der Waals surface area contributed by atoms with Gasteiger partial charge in [-0.2, -0.15) is 0 Å². The van der Waals surface area contributed by atoms with E-state index in [-0.39, 0.29) is 23.5 Å². The van der Waals surface area contributed by atoms with Gasteiger partial charge in [0.2, 0.25) is 5.91 Å². The van der Waals surface area contributed by atoms with Crippen molar-refractivity contribution in [3.05, 3.63) is 66.0 Å². The van der Waals surface area contributed by atoms with Crippen LogP contribution in [0.3, 0.4) is 0 Å². The lowest BCUT2D eigenvalue weighted by atomic mass is 9.95. The second kappa shape index (κ2) is 9.35. The maximum Gasteiger partial charge on any atom is 0.253 e. The van der Waals surface area contributed by atoms with Crippen LogP contribution in [0.5, 0.6) is 0 Å². The van der Waals surface area contributed by atoms with Crippen molar-refractivity contribution in [3.8, 4) is 0 Å². The number of nitrogens with zero attached hydrogens (tertiary/aromatic N) is 2. The fraction of sp³-hybridized carbons (Fsp3) is 0.364.